The third kappa shape index (κ3) is 3.21. The Balaban J connectivity index is 1.72. The van der Waals surface area contributed by atoms with Crippen molar-refractivity contribution in [3.63, 3.8) is 0 Å². The fourth-order valence-corrected chi connectivity index (χ4v) is 2.65. The minimum Gasteiger partial charge on any atom is -0.351 e. The van der Waals surface area contributed by atoms with E-state index in [2.05, 4.69) is 29.3 Å². The van der Waals surface area contributed by atoms with E-state index in [9.17, 15) is 4.79 Å². The van der Waals surface area contributed by atoms with Crippen LogP contribution < -0.4 is 5.32 Å². The van der Waals surface area contributed by atoms with Crippen molar-refractivity contribution < 1.29 is 9.32 Å². The van der Waals surface area contributed by atoms with Crippen LogP contribution in [-0.2, 0) is 13.5 Å². The molecule has 1 saturated carbocycles. The molecule has 118 valence electrons. The molecular weight excluding hydrogens is 280 g/mol. The van der Waals surface area contributed by atoms with Crippen LogP contribution in [0.3, 0.4) is 0 Å². The van der Waals surface area contributed by atoms with Gasteiger partial charge in [0.2, 0.25) is 5.76 Å². The maximum Gasteiger partial charge on any atom is 0.290 e. The van der Waals surface area contributed by atoms with Crippen LogP contribution in [0.5, 0.6) is 0 Å². The van der Waals surface area contributed by atoms with E-state index in [4.69, 9.17) is 4.52 Å². The first-order valence-corrected chi connectivity index (χ1v) is 7.78. The second-order valence-corrected chi connectivity index (χ2v) is 6.47. The topological polar surface area (TPSA) is 73.0 Å². The number of rotatable bonds is 6. The fraction of sp³-hybridized carbons (Fsp3) is 0.562. The molecule has 1 amide bonds. The van der Waals surface area contributed by atoms with Crippen molar-refractivity contribution in [1.82, 2.24) is 20.0 Å². The predicted molar refractivity (Wildman–Crippen MR) is 81.2 cm³/mol. The normalized spacial score (nSPS) is 16.0. The monoisotopic (exact) mass is 302 g/mol. The molecule has 6 heteroatoms. The average molecular weight is 302 g/mol. The second kappa shape index (κ2) is 5.94. The van der Waals surface area contributed by atoms with Gasteiger partial charge in [-0.1, -0.05) is 19.0 Å². The third-order valence-electron chi connectivity index (χ3n) is 3.92. The number of amides is 1. The van der Waals surface area contributed by atoms with E-state index in [1.165, 1.54) is 0 Å². The first-order valence-electron chi connectivity index (χ1n) is 7.78. The van der Waals surface area contributed by atoms with E-state index in [0.717, 1.165) is 30.8 Å². The SMILES string of the molecule is CC(C)Cc1cc(C(=O)NC(c2nccn2C)C2CC2)on1. The van der Waals surface area contributed by atoms with Crippen LogP contribution in [-0.4, -0.2) is 20.6 Å². The lowest BCUT2D eigenvalue weighted by molar-refractivity contribution is 0.0891. The Bertz CT molecular complexity index is 655. The molecule has 1 unspecified atom stereocenters. The van der Waals surface area contributed by atoms with Gasteiger partial charge in [0, 0.05) is 25.5 Å². The molecular formula is C16H22N4O2. The Kier molecular flexibility index (Phi) is 4.00. The molecule has 1 N–H and O–H groups in total. The third-order valence-corrected chi connectivity index (χ3v) is 3.92. The number of aromatic nitrogens is 3. The Labute approximate surface area is 129 Å². The molecule has 0 radical (unpaired) electrons. The summed E-state index contributed by atoms with van der Waals surface area (Å²) < 4.78 is 7.14. The summed E-state index contributed by atoms with van der Waals surface area (Å²) in [6.07, 6.45) is 6.69. The van der Waals surface area contributed by atoms with Gasteiger partial charge in [0.25, 0.3) is 5.91 Å². The van der Waals surface area contributed by atoms with Gasteiger partial charge in [-0.05, 0) is 31.1 Å². The quantitative estimate of drug-likeness (QED) is 0.889. The van der Waals surface area contributed by atoms with Crippen molar-refractivity contribution in [2.24, 2.45) is 18.9 Å². The van der Waals surface area contributed by atoms with Crippen molar-refractivity contribution in [2.75, 3.05) is 0 Å². The van der Waals surface area contributed by atoms with Crippen molar-refractivity contribution in [2.45, 2.75) is 39.2 Å². The van der Waals surface area contributed by atoms with Crippen molar-refractivity contribution in [1.29, 1.82) is 0 Å². The number of nitrogens with zero attached hydrogens (tertiary/aromatic N) is 3. The highest BCUT2D eigenvalue weighted by Crippen LogP contribution is 2.40. The van der Waals surface area contributed by atoms with Crippen LogP contribution in [0.1, 0.15) is 54.8 Å². The lowest BCUT2D eigenvalue weighted by Crippen LogP contribution is -2.31. The highest BCUT2D eigenvalue weighted by Gasteiger charge is 2.36. The summed E-state index contributed by atoms with van der Waals surface area (Å²) >= 11 is 0. The van der Waals surface area contributed by atoms with Gasteiger partial charge in [-0.25, -0.2) is 4.98 Å². The Morgan fingerprint density at radius 2 is 2.27 bits per heavy atom. The molecule has 0 aromatic carbocycles. The summed E-state index contributed by atoms with van der Waals surface area (Å²) in [5.41, 5.74) is 0.820. The van der Waals surface area contributed by atoms with Gasteiger partial charge in [-0.3, -0.25) is 4.79 Å². The summed E-state index contributed by atoms with van der Waals surface area (Å²) in [6, 6.07) is 1.67. The summed E-state index contributed by atoms with van der Waals surface area (Å²) in [5.74, 6) is 1.88. The molecule has 2 aromatic heterocycles. The lowest BCUT2D eigenvalue weighted by atomic mass is 10.1. The molecule has 2 heterocycles. The minimum absolute atomic E-state index is 0.0638. The minimum atomic E-state index is -0.220. The zero-order valence-electron chi connectivity index (χ0n) is 13.2. The summed E-state index contributed by atoms with van der Waals surface area (Å²) in [4.78, 5) is 16.8. The molecule has 0 bridgehead atoms. The molecule has 0 saturated heterocycles. The van der Waals surface area contributed by atoms with E-state index >= 15 is 0 Å². The largest absolute Gasteiger partial charge is 0.351 e. The van der Waals surface area contributed by atoms with Gasteiger partial charge in [-0.2, -0.15) is 0 Å². The maximum absolute atomic E-state index is 12.4. The molecule has 22 heavy (non-hydrogen) atoms. The average Bonchev–Trinajstić information content (AvgIpc) is 3.05. The Hall–Kier alpha value is -2.11. The summed E-state index contributed by atoms with van der Waals surface area (Å²) in [6.45, 7) is 4.22. The summed E-state index contributed by atoms with van der Waals surface area (Å²) in [7, 11) is 1.94. The number of carbonyl (C=O) groups is 1. The molecule has 1 aliphatic carbocycles. The van der Waals surface area contributed by atoms with Crippen LogP contribution in [0, 0.1) is 11.8 Å². The van der Waals surface area contributed by atoms with Crippen LogP contribution >= 0.6 is 0 Å². The number of carbonyl (C=O) groups excluding carboxylic acids is 1. The molecule has 6 nitrogen and oxygen atoms in total. The van der Waals surface area contributed by atoms with E-state index in [1.54, 1.807) is 12.3 Å². The lowest BCUT2D eigenvalue weighted by Gasteiger charge is -2.17. The first-order chi connectivity index (χ1) is 10.5. The van der Waals surface area contributed by atoms with Crippen LogP contribution in [0.4, 0.5) is 0 Å². The first kappa shape index (κ1) is 14.8. The fourth-order valence-electron chi connectivity index (χ4n) is 2.65. The van der Waals surface area contributed by atoms with Crippen molar-refractivity contribution in [3.05, 3.63) is 35.7 Å². The highest BCUT2D eigenvalue weighted by molar-refractivity contribution is 5.91. The molecule has 1 aliphatic rings. The van der Waals surface area contributed by atoms with Crippen molar-refractivity contribution >= 4 is 5.91 Å². The van der Waals surface area contributed by atoms with Crippen LogP contribution in [0.25, 0.3) is 0 Å². The number of aryl methyl sites for hydroxylation is 1. The molecule has 0 spiro atoms. The number of hydrogen-bond donors (Lipinski definition) is 1. The van der Waals surface area contributed by atoms with Gasteiger partial charge in [-0.15, -0.1) is 0 Å². The van der Waals surface area contributed by atoms with E-state index < -0.39 is 0 Å². The Morgan fingerprint density at radius 1 is 1.50 bits per heavy atom. The van der Waals surface area contributed by atoms with E-state index in [1.807, 2.05) is 17.8 Å². The molecule has 1 atom stereocenters. The standard InChI is InChI=1S/C16H22N4O2/c1-10(2)8-12-9-13(22-19-12)16(21)18-14(11-4-5-11)15-17-6-7-20(15)3/h6-7,9-11,14H,4-5,8H2,1-3H3,(H,18,21). The number of hydrogen-bond acceptors (Lipinski definition) is 4. The molecule has 0 aliphatic heterocycles. The Morgan fingerprint density at radius 3 is 2.86 bits per heavy atom. The predicted octanol–water partition coefficient (Wildman–Crippen LogP) is 2.49. The highest BCUT2D eigenvalue weighted by atomic mass is 16.5. The zero-order valence-corrected chi connectivity index (χ0v) is 13.2. The summed E-state index contributed by atoms with van der Waals surface area (Å²) in [5, 5.41) is 7.02. The van der Waals surface area contributed by atoms with Crippen LogP contribution in [0.2, 0.25) is 0 Å². The maximum atomic E-state index is 12.4. The molecule has 3 rings (SSSR count). The zero-order chi connectivity index (χ0) is 15.7. The number of imidazole rings is 1. The number of nitrogens with one attached hydrogen (secondary N) is 1. The van der Waals surface area contributed by atoms with Crippen LogP contribution in [0.15, 0.2) is 23.0 Å². The van der Waals surface area contributed by atoms with Gasteiger partial charge in [0.15, 0.2) is 0 Å². The van der Waals surface area contributed by atoms with E-state index in [-0.39, 0.29) is 17.7 Å². The molecule has 1 fully saturated rings. The van der Waals surface area contributed by atoms with Gasteiger partial charge < -0.3 is 14.4 Å². The van der Waals surface area contributed by atoms with Gasteiger partial charge in [0.1, 0.15) is 5.82 Å². The van der Waals surface area contributed by atoms with Gasteiger partial charge >= 0.3 is 0 Å². The second-order valence-electron chi connectivity index (χ2n) is 6.47. The van der Waals surface area contributed by atoms with Gasteiger partial charge in [0.05, 0.1) is 11.7 Å². The smallest absolute Gasteiger partial charge is 0.290 e. The van der Waals surface area contributed by atoms with Crippen molar-refractivity contribution in [3.8, 4) is 0 Å². The van der Waals surface area contributed by atoms with E-state index in [0.29, 0.717) is 11.8 Å². The molecule has 2 aromatic rings.